The van der Waals surface area contributed by atoms with Crippen LogP contribution < -0.4 is 5.73 Å². The van der Waals surface area contributed by atoms with Gasteiger partial charge < -0.3 is 10.6 Å². The molecular weight excluding hydrogens is 260 g/mol. The minimum Gasteiger partial charge on any atom is -0.341 e. The molecule has 0 bridgehead atoms. The highest BCUT2D eigenvalue weighted by Gasteiger charge is 2.26. The van der Waals surface area contributed by atoms with Gasteiger partial charge in [0, 0.05) is 25.0 Å². The molecule has 1 aliphatic heterocycles. The smallest absolute Gasteiger partial charge is 0.225 e. The third-order valence-corrected chi connectivity index (χ3v) is 4.42. The Morgan fingerprint density at radius 1 is 1.29 bits per heavy atom. The summed E-state index contributed by atoms with van der Waals surface area (Å²) in [6.07, 6.45) is 2.09. The Balaban J connectivity index is 2.03. The maximum absolute atomic E-state index is 12.1. The first-order valence-electron chi connectivity index (χ1n) is 7.94. The molecule has 2 rings (SSSR count). The number of piperidine rings is 1. The van der Waals surface area contributed by atoms with Crippen LogP contribution in [0, 0.1) is 5.92 Å². The van der Waals surface area contributed by atoms with Crippen molar-refractivity contribution in [3.63, 3.8) is 0 Å². The third kappa shape index (κ3) is 3.85. The fraction of sp³-hybridized carbons (Fsp3) is 0.611. The van der Waals surface area contributed by atoms with Crippen LogP contribution in [0.15, 0.2) is 24.3 Å². The topological polar surface area (TPSA) is 46.3 Å². The van der Waals surface area contributed by atoms with E-state index < -0.39 is 0 Å². The molecule has 1 saturated heterocycles. The van der Waals surface area contributed by atoms with Crippen molar-refractivity contribution in [2.24, 2.45) is 11.7 Å². The Hall–Kier alpha value is -1.35. The highest BCUT2D eigenvalue weighted by atomic mass is 16.2. The largest absolute Gasteiger partial charge is 0.341 e. The number of amides is 1. The first-order chi connectivity index (χ1) is 9.79. The third-order valence-electron chi connectivity index (χ3n) is 4.42. The van der Waals surface area contributed by atoms with Gasteiger partial charge in [0.15, 0.2) is 0 Å². The second-order valence-electron chi connectivity index (χ2n) is 7.31. The lowest BCUT2D eigenvalue weighted by molar-refractivity contribution is -0.138. The van der Waals surface area contributed by atoms with Crippen molar-refractivity contribution in [2.45, 2.75) is 52.0 Å². The van der Waals surface area contributed by atoms with Crippen LogP contribution in [-0.4, -0.2) is 23.9 Å². The fourth-order valence-corrected chi connectivity index (χ4v) is 2.89. The predicted octanol–water partition coefficient (Wildman–Crippen LogP) is 3.24. The summed E-state index contributed by atoms with van der Waals surface area (Å²) in [5.41, 5.74) is 8.86. The van der Waals surface area contributed by atoms with Crippen LogP contribution in [0.5, 0.6) is 0 Å². The lowest BCUT2D eigenvalue weighted by atomic mass is 9.86. The maximum Gasteiger partial charge on any atom is 0.225 e. The molecule has 1 aliphatic rings. The van der Waals surface area contributed by atoms with Crippen LogP contribution in [0.4, 0.5) is 0 Å². The van der Waals surface area contributed by atoms with Gasteiger partial charge in [-0.25, -0.2) is 0 Å². The van der Waals surface area contributed by atoms with Crippen LogP contribution >= 0.6 is 0 Å². The molecule has 0 aliphatic carbocycles. The Labute approximate surface area is 128 Å². The lowest BCUT2D eigenvalue weighted by Gasteiger charge is -2.32. The van der Waals surface area contributed by atoms with E-state index in [2.05, 4.69) is 45.0 Å². The zero-order valence-corrected chi connectivity index (χ0v) is 13.7. The summed E-state index contributed by atoms with van der Waals surface area (Å²) in [4.78, 5) is 14.1. The minimum absolute atomic E-state index is 0.103. The highest BCUT2D eigenvalue weighted by molar-refractivity contribution is 5.79. The molecule has 1 amide bonds. The van der Waals surface area contributed by atoms with Gasteiger partial charge in [0.2, 0.25) is 5.91 Å². The van der Waals surface area contributed by atoms with E-state index in [0.717, 1.165) is 24.9 Å². The average molecular weight is 288 g/mol. The van der Waals surface area contributed by atoms with Crippen LogP contribution in [-0.2, 0) is 10.2 Å². The van der Waals surface area contributed by atoms with Gasteiger partial charge in [-0.3, -0.25) is 4.79 Å². The van der Waals surface area contributed by atoms with Crippen molar-refractivity contribution in [2.75, 3.05) is 13.1 Å². The molecule has 1 heterocycles. The van der Waals surface area contributed by atoms with E-state index in [1.54, 1.807) is 0 Å². The van der Waals surface area contributed by atoms with Gasteiger partial charge in [-0.2, -0.15) is 0 Å². The van der Waals surface area contributed by atoms with E-state index in [-0.39, 0.29) is 23.3 Å². The van der Waals surface area contributed by atoms with Crippen LogP contribution in [0.2, 0.25) is 0 Å². The summed E-state index contributed by atoms with van der Waals surface area (Å²) in [7, 11) is 0. The zero-order chi connectivity index (χ0) is 15.6. The summed E-state index contributed by atoms with van der Waals surface area (Å²) in [5.74, 6) is 0.400. The quantitative estimate of drug-likeness (QED) is 0.928. The molecule has 116 valence electrons. The molecule has 1 fully saturated rings. The molecular formula is C18H28N2O. The zero-order valence-electron chi connectivity index (χ0n) is 13.7. The number of hydrogen-bond donors (Lipinski definition) is 1. The number of carbonyl (C=O) groups excluding carboxylic acids is 1. The molecule has 1 aromatic carbocycles. The molecule has 2 atom stereocenters. The van der Waals surface area contributed by atoms with Crippen molar-refractivity contribution in [1.29, 1.82) is 0 Å². The SMILES string of the molecule is CC1CCCN(CC(N)c2ccc(C(C)(C)C)cc2)C1=O. The standard InChI is InChI=1S/C18H28N2O/c1-13-6-5-11-20(17(13)21)12-16(19)14-7-9-15(10-8-14)18(2,3)4/h7-10,13,16H,5-6,11-12,19H2,1-4H3. The van der Waals surface area contributed by atoms with Crippen molar-refractivity contribution in [3.05, 3.63) is 35.4 Å². The van der Waals surface area contributed by atoms with Gasteiger partial charge in [-0.1, -0.05) is 52.0 Å². The lowest BCUT2D eigenvalue weighted by Crippen LogP contribution is -2.43. The number of likely N-dealkylation sites (tertiary alicyclic amines) is 1. The fourth-order valence-electron chi connectivity index (χ4n) is 2.89. The van der Waals surface area contributed by atoms with E-state index in [9.17, 15) is 4.79 Å². The van der Waals surface area contributed by atoms with Gasteiger partial charge in [0.05, 0.1) is 0 Å². The number of benzene rings is 1. The number of nitrogens with two attached hydrogens (primary N) is 1. The summed E-state index contributed by atoms with van der Waals surface area (Å²) in [6, 6.07) is 8.39. The van der Waals surface area contributed by atoms with Crippen molar-refractivity contribution in [1.82, 2.24) is 4.90 Å². The van der Waals surface area contributed by atoms with E-state index in [4.69, 9.17) is 5.73 Å². The Morgan fingerprint density at radius 3 is 2.48 bits per heavy atom. The van der Waals surface area contributed by atoms with E-state index in [0.29, 0.717) is 6.54 Å². The number of carbonyl (C=O) groups is 1. The molecule has 0 aromatic heterocycles. The maximum atomic E-state index is 12.1. The molecule has 3 nitrogen and oxygen atoms in total. The second kappa shape index (κ2) is 6.18. The summed E-state index contributed by atoms with van der Waals surface area (Å²) in [6.45, 7) is 10.1. The summed E-state index contributed by atoms with van der Waals surface area (Å²) in [5, 5.41) is 0. The van der Waals surface area contributed by atoms with E-state index in [1.807, 2.05) is 11.8 Å². The van der Waals surface area contributed by atoms with Crippen molar-refractivity contribution in [3.8, 4) is 0 Å². The van der Waals surface area contributed by atoms with Crippen molar-refractivity contribution >= 4 is 5.91 Å². The summed E-state index contributed by atoms with van der Waals surface area (Å²) >= 11 is 0. The van der Waals surface area contributed by atoms with Crippen LogP contribution in [0.1, 0.15) is 57.7 Å². The monoisotopic (exact) mass is 288 g/mol. The Bertz CT molecular complexity index is 487. The van der Waals surface area contributed by atoms with Gasteiger partial charge >= 0.3 is 0 Å². The number of hydrogen-bond acceptors (Lipinski definition) is 2. The number of nitrogens with zero attached hydrogens (tertiary/aromatic N) is 1. The molecule has 3 heteroatoms. The van der Waals surface area contributed by atoms with Crippen molar-refractivity contribution < 1.29 is 4.79 Å². The molecule has 2 unspecified atom stereocenters. The van der Waals surface area contributed by atoms with Gasteiger partial charge in [0.25, 0.3) is 0 Å². The Kier molecular flexibility index (Phi) is 4.72. The summed E-state index contributed by atoms with van der Waals surface area (Å²) < 4.78 is 0. The molecule has 2 N–H and O–H groups in total. The highest BCUT2D eigenvalue weighted by Crippen LogP contribution is 2.24. The molecule has 0 spiro atoms. The van der Waals surface area contributed by atoms with E-state index >= 15 is 0 Å². The van der Waals surface area contributed by atoms with Crippen LogP contribution in [0.3, 0.4) is 0 Å². The minimum atomic E-state index is -0.103. The predicted molar refractivity (Wildman–Crippen MR) is 87.0 cm³/mol. The molecule has 0 saturated carbocycles. The van der Waals surface area contributed by atoms with Gasteiger partial charge in [-0.05, 0) is 29.4 Å². The molecule has 21 heavy (non-hydrogen) atoms. The molecule has 1 aromatic rings. The first kappa shape index (κ1) is 16.0. The Morgan fingerprint density at radius 2 is 1.90 bits per heavy atom. The number of rotatable bonds is 3. The van der Waals surface area contributed by atoms with Gasteiger partial charge in [-0.15, -0.1) is 0 Å². The van der Waals surface area contributed by atoms with Crippen LogP contribution in [0.25, 0.3) is 0 Å². The second-order valence-corrected chi connectivity index (χ2v) is 7.31. The van der Waals surface area contributed by atoms with E-state index in [1.165, 1.54) is 5.56 Å². The van der Waals surface area contributed by atoms with Gasteiger partial charge in [0.1, 0.15) is 0 Å². The molecule has 0 radical (unpaired) electrons. The first-order valence-corrected chi connectivity index (χ1v) is 7.94. The average Bonchev–Trinajstić information content (AvgIpc) is 2.43. The normalized spacial score (nSPS) is 21.5.